The molecule has 0 atom stereocenters. The monoisotopic (exact) mass is 340 g/mol. The molecule has 0 bridgehead atoms. The van der Waals surface area contributed by atoms with E-state index in [-0.39, 0.29) is 24.2 Å². The van der Waals surface area contributed by atoms with Crippen molar-refractivity contribution in [2.24, 2.45) is 0 Å². The van der Waals surface area contributed by atoms with Crippen molar-refractivity contribution in [1.82, 2.24) is 10.2 Å². The summed E-state index contributed by atoms with van der Waals surface area (Å²) in [6.45, 7) is 0.107. The van der Waals surface area contributed by atoms with Gasteiger partial charge in [-0.1, -0.05) is 35.4 Å². The van der Waals surface area contributed by atoms with Crippen molar-refractivity contribution in [3.8, 4) is 11.5 Å². The van der Waals surface area contributed by atoms with Gasteiger partial charge in [0.2, 0.25) is 5.89 Å². The van der Waals surface area contributed by atoms with Crippen LogP contribution < -0.4 is 5.32 Å². The Kier molecular flexibility index (Phi) is 4.65. The van der Waals surface area contributed by atoms with Crippen molar-refractivity contribution >= 4 is 17.8 Å². The molecule has 0 saturated heterocycles. The number of anilines is 1. The van der Waals surface area contributed by atoms with Crippen LogP contribution in [0.3, 0.4) is 0 Å². The largest absolute Gasteiger partial charge is 0.444 e. The third-order valence-electron chi connectivity index (χ3n) is 3.17. The third-order valence-corrected chi connectivity index (χ3v) is 3.17. The van der Waals surface area contributed by atoms with Crippen LogP contribution in [0.4, 0.5) is 16.5 Å². The van der Waals surface area contributed by atoms with Gasteiger partial charge in [0.25, 0.3) is 5.69 Å². The van der Waals surface area contributed by atoms with E-state index >= 15 is 0 Å². The standard InChI is InChI=1S/C16H12N4O5/c21-16(24-10-11-4-2-1-3-5-11)17-15-19-18-14(25-15)12-6-8-13(9-7-12)20(22)23/h1-9H,10H2,(H,17,19,21). The minimum atomic E-state index is -0.734. The number of aromatic nitrogens is 2. The fourth-order valence-corrected chi connectivity index (χ4v) is 1.96. The summed E-state index contributed by atoms with van der Waals surface area (Å²) in [6.07, 6.45) is -0.734. The normalized spacial score (nSPS) is 10.2. The van der Waals surface area contributed by atoms with Gasteiger partial charge in [-0.25, -0.2) is 10.1 Å². The number of carbonyl (C=O) groups is 1. The average molecular weight is 340 g/mol. The first-order valence-corrected chi connectivity index (χ1v) is 7.18. The van der Waals surface area contributed by atoms with Crippen molar-refractivity contribution in [2.75, 3.05) is 5.32 Å². The summed E-state index contributed by atoms with van der Waals surface area (Å²) < 4.78 is 10.3. The van der Waals surface area contributed by atoms with Crippen LogP contribution >= 0.6 is 0 Å². The number of nitro groups is 1. The lowest BCUT2D eigenvalue weighted by Crippen LogP contribution is -2.13. The molecule has 3 rings (SSSR count). The van der Waals surface area contributed by atoms with Gasteiger partial charge >= 0.3 is 12.1 Å². The van der Waals surface area contributed by atoms with Crippen molar-refractivity contribution < 1.29 is 18.9 Å². The molecule has 9 heteroatoms. The Labute approximate surface area is 141 Å². The van der Waals surface area contributed by atoms with E-state index in [4.69, 9.17) is 9.15 Å². The minimum Gasteiger partial charge on any atom is -0.444 e. The molecule has 1 N–H and O–H groups in total. The van der Waals surface area contributed by atoms with E-state index in [0.29, 0.717) is 5.56 Å². The van der Waals surface area contributed by atoms with Gasteiger partial charge in [0.05, 0.1) is 4.92 Å². The van der Waals surface area contributed by atoms with Crippen LogP contribution in [0.5, 0.6) is 0 Å². The van der Waals surface area contributed by atoms with Crippen LogP contribution in [0.15, 0.2) is 59.0 Å². The number of non-ortho nitro benzene ring substituents is 1. The molecule has 0 aliphatic heterocycles. The number of rotatable bonds is 5. The molecule has 2 aromatic carbocycles. The van der Waals surface area contributed by atoms with Crippen LogP contribution in [0, 0.1) is 10.1 Å². The maximum Gasteiger partial charge on any atom is 0.415 e. The Morgan fingerprint density at radius 1 is 1.12 bits per heavy atom. The molecule has 0 saturated carbocycles. The highest BCUT2D eigenvalue weighted by atomic mass is 16.6. The number of nitro benzene ring substituents is 1. The van der Waals surface area contributed by atoms with Gasteiger partial charge < -0.3 is 9.15 Å². The van der Waals surface area contributed by atoms with Crippen LogP contribution in [0.1, 0.15) is 5.56 Å². The van der Waals surface area contributed by atoms with Crippen LogP contribution in [-0.4, -0.2) is 21.2 Å². The van der Waals surface area contributed by atoms with E-state index < -0.39 is 11.0 Å². The molecule has 1 aromatic heterocycles. The third kappa shape index (κ3) is 4.16. The molecule has 1 heterocycles. The number of nitrogens with zero attached hydrogens (tertiary/aromatic N) is 3. The van der Waals surface area contributed by atoms with Gasteiger partial charge in [-0.3, -0.25) is 10.1 Å². The molecule has 0 fully saturated rings. The highest BCUT2D eigenvalue weighted by molar-refractivity contribution is 5.81. The molecule has 0 aliphatic rings. The highest BCUT2D eigenvalue weighted by Crippen LogP contribution is 2.22. The van der Waals surface area contributed by atoms with Crippen LogP contribution in [0.25, 0.3) is 11.5 Å². The topological polar surface area (TPSA) is 120 Å². The summed E-state index contributed by atoms with van der Waals surface area (Å²) in [4.78, 5) is 21.8. The van der Waals surface area contributed by atoms with Gasteiger partial charge in [-0.2, -0.15) is 0 Å². The molecule has 9 nitrogen and oxygen atoms in total. The van der Waals surface area contributed by atoms with E-state index in [0.717, 1.165) is 5.56 Å². The summed E-state index contributed by atoms with van der Waals surface area (Å²) in [6, 6.07) is 14.6. The predicted octanol–water partition coefficient (Wildman–Crippen LogP) is 3.39. The fourth-order valence-electron chi connectivity index (χ4n) is 1.96. The zero-order chi connectivity index (χ0) is 17.6. The SMILES string of the molecule is O=C(Nc1nnc(-c2ccc([N+](=O)[O-])cc2)o1)OCc1ccccc1. The number of hydrogen-bond donors (Lipinski definition) is 1. The number of carbonyl (C=O) groups excluding carboxylic acids is 1. The number of nitrogens with one attached hydrogen (secondary N) is 1. The molecule has 3 aromatic rings. The van der Waals surface area contributed by atoms with Crippen molar-refractivity contribution in [3.63, 3.8) is 0 Å². The second kappa shape index (κ2) is 7.21. The average Bonchev–Trinajstić information content (AvgIpc) is 3.09. The van der Waals surface area contributed by atoms with Gasteiger partial charge in [-0.05, 0) is 17.7 Å². The molecule has 0 aliphatic carbocycles. The zero-order valence-electron chi connectivity index (χ0n) is 12.8. The van der Waals surface area contributed by atoms with Gasteiger partial charge in [0, 0.05) is 17.7 Å². The van der Waals surface area contributed by atoms with E-state index in [1.54, 1.807) is 0 Å². The minimum absolute atomic E-state index is 0.0499. The van der Waals surface area contributed by atoms with Gasteiger partial charge in [0.15, 0.2) is 0 Å². The van der Waals surface area contributed by atoms with Gasteiger partial charge in [-0.15, -0.1) is 5.10 Å². The Morgan fingerprint density at radius 2 is 1.84 bits per heavy atom. The summed E-state index contributed by atoms with van der Waals surface area (Å²) in [5.74, 6) is 0.119. The first kappa shape index (κ1) is 16.1. The molecule has 126 valence electrons. The lowest BCUT2D eigenvalue weighted by molar-refractivity contribution is -0.384. The molecule has 25 heavy (non-hydrogen) atoms. The second-order valence-corrected chi connectivity index (χ2v) is 4.90. The second-order valence-electron chi connectivity index (χ2n) is 4.90. The first-order chi connectivity index (χ1) is 12.1. The maximum atomic E-state index is 11.7. The van der Waals surface area contributed by atoms with E-state index in [2.05, 4.69) is 15.5 Å². The maximum absolute atomic E-state index is 11.7. The number of benzene rings is 2. The van der Waals surface area contributed by atoms with Crippen LogP contribution in [0.2, 0.25) is 0 Å². The quantitative estimate of drug-likeness (QED) is 0.558. The van der Waals surface area contributed by atoms with Crippen molar-refractivity contribution in [1.29, 1.82) is 0 Å². The Bertz CT molecular complexity index is 877. The summed E-state index contributed by atoms with van der Waals surface area (Å²) in [7, 11) is 0. The number of ether oxygens (including phenoxy) is 1. The molecule has 0 unspecified atom stereocenters. The molecular weight excluding hydrogens is 328 g/mol. The summed E-state index contributed by atoms with van der Waals surface area (Å²) in [5, 5.41) is 20.4. The summed E-state index contributed by atoms with van der Waals surface area (Å²) >= 11 is 0. The smallest absolute Gasteiger partial charge is 0.415 e. The summed E-state index contributed by atoms with van der Waals surface area (Å²) in [5.41, 5.74) is 1.28. The Balaban J connectivity index is 1.59. The molecule has 1 amide bonds. The van der Waals surface area contributed by atoms with E-state index in [1.165, 1.54) is 24.3 Å². The van der Waals surface area contributed by atoms with Crippen LogP contribution in [-0.2, 0) is 11.3 Å². The van der Waals surface area contributed by atoms with Gasteiger partial charge in [0.1, 0.15) is 6.61 Å². The lowest BCUT2D eigenvalue weighted by atomic mass is 10.2. The first-order valence-electron chi connectivity index (χ1n) is 7.18. The molecular formula is C16H12N4O5. The van der Waals surface area contributed by atoms with E-state index in [1.807, 2.05) is 30.3 Å². The predicted molar refractivity (Wildman–Crippen MR) is 86.6 cm³/mol. The lowest BCUT2D eigenvalue weighted by Gasteiger charge is -2.03. The van der Waals surface area contributed by atoms with Crippen molar-refractivity contribution in [3.05, 3.63) is 70.3 Å². The Hall–Kier alpha value is -3.75. The zero-order valence-corrected chi connectivity index (χ0v) is 12.8. The molecule has 0 spiro atoms. The van der Waals surface area contributed by atoms with E-state index in [9.17, 15) is 14.9 Å². The van der Waals surface area contributed by atoms with Crippen molar-refractivity contribution in [2.45, 2.75) is 6.61 Å². The molecule has 0 radical (unpaired) electrons. The Morgan fingerprint density at radius 3 is 2.52 bits per heavy atom. The number of amides is 1. The highest BCUT2D eigenvalue weighted by Gasteiger charge is 2.13. The fraction of sp³-hybridized carbons (Fsp3) is 0.0625. The number of hydrogen-bond acceptors (Lipinski definition) is 7.